The van der Waals surface area contributed by atoms with Crippen LogP contribution in [0.2, 0.25) is 0 Å². The van der Waals surface area contributed by atoms with Crippen molar-refractivity contribution in [2.45, 2.75) is 76.9 Å². The molecule has 2 saturated heterocycles. The zero-order valence-corrected chi connectivity index (χ0v) is 18.4. The Morgan fingerprint density at radius 2 is 2.17 bits per heavy atom. The standard InChI is InChI=1S/C21H27N5OS.ClH/c1-13-16-4-2-3-5-17(16)26-19(24-13)10-22-20(27)21(9-15-11-28-12-23-15)8-14-6-7-18(21)25-14;/h11-12,14,18,25H,2-10H2,1H3,(H,22,27);1H/t14-,18+,21-;/m0./s1. The second-order valence-electron chi connectivity index (χ2n) is 8.55. The van der Waals surface area contributed by atoms with Gasteiger partial charge in [0.15, 0.2) is 0 Å². The van der Waals surface area contributed by atoms with E-state index in [1.165, 1.54) is 30.5 Å². The van der Waals surface area contributed by atoms with Crippen LogP contribution in [0.15, 0.2) is 10.9 Å². The summed E-state index contributed by atoms with van der Waals surface area (Å²) in [5.41, 5.74) is 6.05. The van der Waals surface area contributed by atoms with Gasteiger partial charge in [0.1, 0.15) is 5.82 Å². The molecule has 6 nitrogen and oxygen atoms in total. The summed E-state index contributed by atoms with van der Waals surface area (Å²) in [7, 11) is 0. The van der Waals surface area contributed by atoms with E-state index >= 15 is 0 Å². The third kappa shape index (κ3) is 3.80. The summed E-state index contributed by atoms with van der Waals surface area (Å²) in [6.07, 6.45) is 8.37. The zero-order chi connectivity index (χ0) is 19.1. The van der Waals surface area contributed by atoms with E-state index in [9.17, 15) is 4.79 Å². The van der Waals surface area contributed by atoms with Crippen LogP contribution in [0.4, 0.5) is 0 Å². The first-order chi connectivity index (χ1) is 13.6. The smallest absolute Gasteiger partial charge is 0.228 e. The van der Waals surface area contributed by atoms with E-state index in [0.29, 0.717) is 19.0 Å². The molecule has 2 bridgehead atoms. The van der Waals surface area contributed by atoms with Crippen molar-refractivity contribution < 1.29 is 4.79 Å². The van der Waals surface area contributed by atoms with E-state index < -0.39 is 5.41 Å². The summed E-state index contributed by atoms with van der Waals surface area (Å²) in [6, 6.07) is 0.696. The first-order valence-electron chi connectivity index (χ1n) is 10.4. The average Bonchev–Trinajstić information content (AvgIpc) is 3.44. The average molecular weight is 434 g/mol. The molecule has 156 valence electrons. The molecule has 0 saturated carbocycles. The van der Waals surface area contributed by atoms with E-state index in [0.717, 1.165) is 42.9 Å². The summed E-state index contributed by atoms with van der Waals surface area (Å²) < 4.78 is 0. The molecule has 0 spiro atoms. The minimum Gasteiger partial charge on any atom is -0.348 e. The first kappa shape index (κ1) is 20.7. The van der Waals surface area contributed by atoms with Gasteiger partial charge in [0, 0.05) is 35.3 Å². The van der Waals surface area contributed by atoms with Gasteiger partial charge in [-0.2, -0.15) is 0 Å². The highest BCUT2D eigenvalue weighted by Gasteiger charge is 2.55. The number of fused-ring (bicyclic) bond motifs is 3. The van der Waals surface area contributed by atoms with Crippen molar-refractivity contribution in [3.63, 3.8) is 0 Å². The van der Waals surface area contributed by atoms with Crippen molar-refractivity contribution in [2.24, 2.45) is 5.41 Å². The molecule has 2 fully saturated rings. The van der Waals surface area contributed by atoms with Crippen LogP contribution in [0.3, 0.4) is 0 Å². The SMILES string of the molecule is Cc1nc(CNC(=O)[C@]2(Cc3cscn3)C[C@@H]3CC[C@H]2N3)nc2c1CCCC2.Cl. The molecule has 2 aliphatic heterocycles. The van der Waals surface area contributed by atoms with Crippen LogP contribution in [0, 0.1) is 12.3 Å². The lowest BCUT2D eigenvalue weighted by Crippen LogP contribution is -2.50. The Kier molecular flexibility index (Phi) is 5.91. The van der Waals surface area contributed by atoms with Crippen molar-refractivity contribution in [1.29, 1.82) is 0 Å². The number of halogens is 1. The number of thiazole rings is 1. The molecule has 0 radical (unpaired) electrons. The number of hydrogen-bond acceptors (Lipinski definition) is 6. The maximum Gasteiger partial charge on any atom is 0.228 e. The minimum absolute atomic E-state index is 0. The first-order valence-corrected chi connectivity index (χ1v) is 11.3. The third-order valence-corrected chi connectivity index (χ3v) is 7.43. The van der Waals surface area contributed by atoms with Gasteiger partial charge in [-0.15, -0.1) is 23.7 Å². The number of amides is 1. The Morgan fingerprint density at radius 1 is 1.31 bits per heavy atom. The molecule has 3 aliphatic rings. The lowest BCUT2D eigenvalue weighted by molar-refractivity contribution is -0.132. The molecular formula is C21H28ClN5OS. The number of nitrogens with zero attached hydrogens (tertiary/aromatic N) is 3. The summed E-state index contributed by atoms with van der Waals surface area (Å²) in [4.78, 5) is 27.3. The molecule has 29 heavy (non-hydrogen) atoms. The van der Waals surface area contributed by atoms with Crippen molar-refractivity contribution in [3.8, 4) is 0 Å². The number of rotatable bonds is 5. The van der Waals surface area contributed by atoms with Crippen LogP contribution in [0.25, 0.3) is 0 Å². The Balaban J connectivity index is 0.00000205. The largest absolute Gasteiger partial charge is 0.348 e. The maximum atomic E-state index is 13.4. The fraction of sp³-hybridized carbons (Fsp3) is 0.619. The fourth-order valence-corrected chi connectivity index (χ4v) is 5.99. The maximum absolute atomic E-state index is 13.4. The monoisotopic (exact) mass is 433 g/mol. The Labute approximate surface area is 181 Å². The van der Waals surface area contributed by atoms with E-state index in [2.05, 4.69) is 32.9 Å². The highest BCUT2D eigenvalue weighted by molar-refractivity contribution is 7.07. The molecule has 3 atom stereocenters. The summed E-state index contributed by atoms with van der Waals surface area (Å²) in [5.74, 6) is 0.866. The fourth-order valence-electron chi connectivity index (χ4n) is 5.43. The van der Waals surface area contributed by atoms with Crippen LogP contribution in [-0.2, 0) is 30.6 Å². The van der Waals surface area contributed by atoms with Crippen molar-refractivity contribution in [2.75, 3.05) is 0 Å². The van der Waals surface area contributed by atoms with Gasteiger partial charge in [0.05, 0.1) is 23.2 Å². The van der Waals surface area contributed by atoms with Gasteiger partial charge in [-0.05, 0) is 57.4 Å². The van der Waals surface area contributed by atoms with Crippen LogP contribution >= 0.6 is 23.7 Å². The molecule has 1 aliphatic carbocycles. The lowest BCUT2D eigenvalue weighted by atomic mass is 9.70. The number of carbonyl (C=O) groups excluding carboxylic acids is 1. The van der Waals surface area contributed by atoms with Gasteiger partial charge in [-0.3, -0.25) is 4.79 Å². The summed E-state index contributed by atoms with van der Waals surface area (Å²) >= 11 is 1.60. The third-order valence-electron chi connectivity index (χ3n) is 6.79. The van der Waals surface area contributed by atoms with Crippen molar-refractivity contribution >= 4 is 29.7 Å². The number of aryl methyl sites for hydroxylation is 2. The molecule has 4 heterocycles. The predicted molar refractivity (Wildman–Crippen MR) is 115 cm³/mol. The number of hydrogen-bond donors (Lipinski definition) is 2. The van der Waals surface area contributed by atoms with Crippen LogP contribution in [-0.4, -0.2) is 32.9 Å². The van der Waals surface area contributed by atoms with Crippen molar-refractivity contribution in [1.82, 2.24) is 25.6 Å². The molecule has 5 rings (SSSR count). The number of nitrogens with one attached hydrogen (secondary N) is 2. The highest BCUT2D eigenvalue weighted by atomic mass is 35.5. The van der Waals surface area contributed by atoms with E-state index in [-0.39, 0.29) is 24.4 Å². The van der Waals surface area contributed by atoms with E-state index in [1.807, 2.05) is 5.51 Å². The topological polar surface area (TPSA) is 79.8 Å². The van der Waals surface area contributed by atoms with E-state index in [1.54, 1.807) is 11.3 Å². The van der Waals surface area contributed by atoms with Crippen LogP contribution in [0.1, 0.15) is 60.6 Å². The van der Waals surface area contributed by atoms with Gasteiger partial charge in [0.25, 0.3) is 0 Å². The molecular weight excluding hydrogens is 406 g/mol. The second kappa shape index (κ2) is 8.28. The van der Waals surface area contributed by atoms with Gasteiger partial charge >= 0.3 is 0 Å². The summed E-state index contributed by atoms with van der Waals surface area (Å²) in [6.45, 7) is 2.48. The molecule has 1 amide bonds. The predicted octanol–water partition coefficient (Wildman–Crippen LogP) is 2.91. The lowest BCUT2D eigenvalue weighted by Gasteiger charge is -2.34. The summed E-state index contributed by atoms with van der Waals surface area (Å²) in [5, 5.41) is 8.90. The number of aromatic nitrogens is 3. The van der Waals surface area contributed by atoms with Gasteiger partial charge < -0.3 is 10.6 Å². The Bertz CT molecular complexity index is 889. The normalized spacial score (nSPS) is 27.3. The Morgan fingerprint density at radius 3 is 2.90 bits per heavy atom. The molecule has 8 heteroatoms. The van der Waals surface area contributed by atoms with E-state index in [4.69, 9.17) is 4.98 Å². The molecule has 0 unspecified atom stereocenters. The minimum atomic E-state index is -0.403. The van der Waals surface area contributed by atoms with Gasteiger partial charge in [-0.1, -0.05) is 0 Å². The zero-order valence-electron chi connectivity index (χ0n) is 16.7. The molecule has 2 aromatic heterocycles. The number of carbonyl (C=O) groups is 1. The molecule has 2 N–H and O–H groups in total. The highest BCUT2D eigenvalue weighted by Crippen LogP contribution is 2.45. The van der Waals surface area contributed by atoms with Crippen LogP contribution in [0.5, 0.6) is 0 Å². The van der Waals surface area contributed by atoms with Gasteiger partial charge in [-0.25, -0.2) is 15.0 Å². The van der Waals surface area contributed by atoms with Gasteiger partial charge in [0.2, 0.25) is 5.91 Å². The molecule has 0 aromatic carbocycles. The van der Waals surface area contributed by atoms with Crippen molar-refractivity contribution in [3.05, 3.63) is 39.4 Å². The quantitative estimate of drug-likeness (QED) is 0.757. The molecule has 2 aromatic rings. The Hall–Kier alpha value is -1.57. The second-order valence-corrected chi connectivity index (χ2v) is 9.27. The van der Waals surface area contributed by atoms with Crippen LogP contribution < -0.4 is 10.6 Å².